The second kappa shape index (κ2) is 30.9. The number of likely N-dealkylation sites (tertiary alicyclic amines) is 2. The number of aliphatic carboxylic acids is 1. The second-order valence-electron chi connectivity index (χ2n) is 21.7. The summed E-state index contributed by atoms with van der Waals surface area (Å²) in [6.07, 6.45) is 6.83. The van der Waals surface area contributed by atoms with Crippen LogP contribution in [-0.4, -0.2) is 154 Å². The number of amides is 4. The van der Waals surface area contributed by atoms with Crippen molar-refractivity contribution < 1.29 is 48.1 Å². The third-order valence-electron chi connectivity index (χ3n) is 13.8. The van der Waals surface area contributed by atoms with Gasteiger partial charge in [-0.05, 0) is 123 Å². The minimum absolute atomic E-state index is 0.0716. The molecule has 4 aromatic rings. The highest BCUT2D eigenvalue weighted by Crippen LogP contribution is 2.31. The zero-order valence-electron chi connectivity index (χ0n) is 50.5. The number of carbonyl (C=O) groups excluding carboxylic acids is 5. The Balaban J connectivity index is 0.000000302. The molecule has 22 heteroatoms. The van der Waals surface area contributed by atoms with Crippen molar-refractivity contribution in [1.29, 1.82) is 0 Å². The Bertz CT molecular complexity index is 2740. The molecule has 4 heterocycles. The van der Waals surface area contributed by atoms with E-state index in [1.165, 1.54) is 0 Å². The highest BCUT2D eigenvalue weighted by molar-refractivity contribution is 5.98. The fourth-order valence-electron chi connectivity index (χ4n) is 9.26. The molecule has 448 valence electrons. The molecule has 0 aliphatic carbocycles. The van der Waals surface area contributed by atoms with E-state index < -0.39 is 29.6 Å². The molecule has 0 unspecified atom stereocenters. The van der Waals surface area contributed by atoms with E-state index >= 15 is 0 Å². The molecule has 0 bridgehead atoms. The molecule has 0 saturated carbocycles. The highest BCUT2D eigenvalue weighted by atomic mass is 16.6. The van der Waals surface area contributed by atoms with Crippen LogP contribution >= 0.6 is 0 Å². The predicted octanol–water partition coefficient (Wildman–Crippen LogP) is 9.33. The van der Waals surface area contributed by atoms with Gasteiger partial charge in [-0.25, -0.2) is 29.1 Å². The first-order valence-electron chi connectivity index (χ1n) is 29.0. The Morgan fingerprint density at radius 3 is 1.23 bits per heavy atom. The number of carboxylic acids is 1. The van der Waals surface area contributed by atoms with Gasteiger partial charge in [0.2, 0.25) is 23.7 Å². The van der Waals surface area contributed by atoms with Crippen LogP contribution in [0, 0.1) is 11.8 Å². The van der Waals surface area contributed by atoms with Gasteiger partial charge in [-0.3, -0.25) is 9.59 Å². The van der Waals surface area contributed by atoms with Crippen LogP contribution in [0.3, 0.4) is 0 Å². The SMILES string of the molecule is CCN(CC)c1ncc(N(CC)C(=O)C(C)C)c(N[C@H](Cc2ccc(OC(=O)N3CCCC3)cc2)C(=O)O)n1.CCN(CC)c1ncc(N(CC)C(=O)C(C)C)c(N[C@H](Cc2ccc(OC(=O)N3CCCC3)cc2)C(=O)OC(C)(C)C)n1. The quantitative estimate of drug-likeness (QED) is 0.0553. The molecular formula is C60H88N12O10. The number of carbonyl (C=O) groups is 6. The Morgan fingerprint density at radius 1 is 0.561 bits per heavy atom. The molecule has 2 fully saturated rings. The first kappa shape index (κ1) is 65.0. The molecule has 3 N–H and O–H groups in total. The molecule has 6 rings (SSSR count). The summed E-state index contributed by atoms with van der Waals surface area (Å²) in [6.45, 7) is 30.9. The molecule has 2 aromatic heterocycles. The summed E-state index contributed by atoms with van der Waals surface area (Å²) in [4.78, 5) is 106. The maximum Gasteiger partial charge on any atom is 0.415 e. The number of benzene rings is 2. The van der Waals surface area contributed by atoms with E-state index in [9.17, 15) is 33.9 Å². The molecule has 2 aliphatic rings. The summed E-state index contributed by atoms with van der Waals surface area (Å²) in [5.41, 5.74) is 1.78. The lowest BCUT2D eigenvalue weighted by Gasteiger charge is -2.29. The number of hydrogen-bond acceptors (Lipinski definition) is 17. The normalized spacial score (nSPS) is 13.8. The van der Waals surface area contributed by atoms with Crippen molar-refractivity contribution in [2.24, 2.45) is 11.8 Å². The summed E-state index contributed by atoms with van der Waals surface area (Å²) in [6, 6.07) is 12.1. The minimum atomic E-state index is -1.06. The first-order valence-corrected chi connectivity index (χ1v) is 29.0. The van der Waals surface area contributed by atoms with E-state index in [0.29, 0.717) is 106 Å². The Hall–Kier alpha value is -7.78. The third kappa shape index (κ3) is 18.4. The summed E-state index contributed by atoms with van der Waals surface area (Å²) in [7, 11) is 0. The number of hydrogen-bond donors (Lipinski definition) is 3. The van der Waals surface area contributed by atoms with Gasteiger partial charge in [-0.1, -0.05) is 52.0 Å². The average molecular weight is 1140 g/mol. The first-order chi connectivity index (χ1) is 39.0. The van der Waals surface area contributed by atoms with Gasteiger partial charge in [0.15, 0.2) is 11.6 Å². The van der Waals surface area contributed by atoms with Crippen LogP contribution in [0.5, 0.6) is 11.5 Å². The van der Waals surface area contributed by atoms with Crippen molar-refractivity contribution in [3.8, 4) is 11.5 Å². The van der Waals surface area contributed by atoms with Crippen molar-refractivity contribution in [2.75, 3.05) is 95.7 Å². The average Bonchev–Trinajstić information content (AvgIpc) is 4.25. The van der Waals surface area contributed by atoms with Crippen molar-refractivity contribution in [3.05, 3.63) is 72.1 Å². The standard InChI is InChI=1S/C32H48N6O5.C28H40N6O5/c1-9-36(10-2)30-33-21-26(38(11-3)28(39)22(4)5)27(35-30)34-25(29(40)43-32(6,7)8)20-23-14-16-24(17-15-23)42-31(41)37-18-12-13-19-37;1-6-32(7-2)27-29-18-23(34(8-3)25(35)19(4)5)24(31-27)30-22(26(36)37)17-20-11-13-21(14-12-20)39-28(38)33-15-9-10-16-33/h14-17,21-22,25H,9-13,18-20H2,1-8H3,(H,33,34,35);11-14,18-19,22H,6-10,15-17H2,1-5H3,(H,36,37)(H,29,30,31)/t25-;22-/m11/s1. The molecule has 22 nitrogen and oxygen atoms in total. The summed E-state index contributed by atoms with van der Waals surface area (Å²) >= 11 is 0. The van der Waals surface area contributed by atoms with E-state index in [1.54, 1.807) is 68.4 Å². The van der Waals surface area contributed by atoms with Gasteiger partial charge >= 0.3 is 24.1 Å². The van der Waals surface area contributed by atoms with Crippen LogP contribution in [0.25, 0.3) is 0 Å². The Labute approximate surface area is 484 Å². The summed E-state index contributed by atoms with van der Waals surface area (Å²) < 4.78 is 16.8. The molecule has 4 amide bonds. The fraction of sp³-hybridized carbons (Fsp3) is 0.567. The van der Waals surface area contributed by atoms with Gasteiger partial charge in [0.25, 0.3) is 0 Å². The van der Waals surface area contributed by atoms with E-state index in [4.69, 9.17) is 19.2 Å². The number of nitrogens with zero attached hydrogens (tertiary/aromatic N) is 10. The predicted molar refractivity (Wildman–Crippen MR) is 319 cm³/mol. The van der Waals surface area contributed by atoms with Crippen LogP contribution in [0.4, 0.5) is 44.5 Å². The third-order valence-corrected chi connectivity index (χ3v) is 13.8. The summed E-state index contributed by atoms with van der Waals surface area (Å²) in [5.74, 6) is 0.261. The Kier molecular flexibility index (Phi) is 24.5. The van der Waals surface area contributed by atoms with Gasteiger partial charge in [0.1, 0.15) is 40.6 Å². The number of nitrogens with one attached hydrogen (secondary N) is 2. The zero-order valence-corrected chi connectivity index (χ0v) is 50.5. The smallest absolute Gasteiger partial charge is 0.415 e. The fourth-order valence-corrected chi connectivity index (χ4v) is 9.26. The minimum Gasteiger partial charge on any atom is -0.480 e. The maximum absolute atomic E-state index is 13.6. The lowest BCUT2D eigenvalue weighted by atomic mass is 10.0. The molecule has 2 aromatic carbocycles. The molecule has 82 heavy (non-hydrogen) atoms. The van der Waals surface area contributed by atoms with Gasteiger partial charge in [0.05, 0.1) is 12.4 Å². The van der Waals surface area contributed by atoms with Gasteiger partial charge < -0.3 is 59.4 Å². The van der Waals surface area contributed by atoms with E-state index in [2.05, 4.69) is 25.6 Å². The van der Waals surface area contributed by atoms with Crippen LogP contribution in [0.1, 0.15) is 127 Å². The Morgan fingerprint density at radius 2 is 0.915 bits per heavy atom. The summed E-state index contributed by atoms with van der Waals surface area (Å²) in [5, 5.41) is 16.5. The van der Waals surface area contributed by atoms with Crippen molar-refractivity contribution in [3.63, 3.8) is 0 Å². The number of rotatable bonds is 24. The van der Waals surface area contributed by atoms with Crippen LogP contribution in [0.15, 0.2) is 60.9 Å². The van der Waals surface area contributed by atoms with E-state index in [0.717, 1.165) is 36.8 Å². The maximum atomic E-state index is 13.6. The number of carboxylic acid groups (broad SMARTS) is 1. The lowest BCUT2D eigenvalue weighted by Crippen LogP contribution is -2.40. The lowest BCUT2D eigenvalue weighted by molar-refractivity contribution is -0.155. The molecule has 2 aliphatic heterocycles. The van der Waals surface area contributed by atoms with Crippen LogP contribution in [0.2, 0.25) is 0 Å². The number of esters is 1. The van der Waals surface area contributed by atoms with Gasteiger partial charge in [0, 0.05) is 90.1 Å². The van der Waals surface area contributed by atoms with Gasteiger partial charge in [-0.15, -0.1) is 0 Å². The van der Waals surface area contributed by atoms with Crippen LogP contribution < -0.4 is 39.7 Å². The van der Waals surface area contributed by atoms with Crippen molar-refractivity contribution in [2.45, 2.75) is 146 Å². The van der Waals surface area contributed by atoms with E-state index in [-0.39, 0.29) is 54.5 Å². The van der Waals surface area contributed by atoms with E-state index in [1.807, 2.05) is 112 Å². The van der Waals surface area contributed by atoms with Crippen molar-refractivity contribution >= 4 is 70.8 Å². The second-order valence-corrected chi connectivity index (χ2v) is 21.7. The topological polar surface area (TPSA) is 245 Å². The molecule has 2 saturated heterocycles. The monoisotopic (exact) mass is 1140 g/mol. The largest absolute Gasteiger partial charge is 0.480 e. The number of aromatic nitrogens is 4. The number of anilines is 6. The zero-order chi connectivity index (χ0) is 60.3. The molecule has 2 atom stereocenters. The molecule has 0 radical (unpaired) electrons. The highest BCUT2D eigenvalue weighted by Gasteiger charge is 2.31. The van der Waals surface area contributed by atoms with Crippen LogP contribution in [-0.2, 0) is 36.8 Å². The van der Waals surface area contributed by atoms with Gasteiger partial charge in [-0.2, -0.15) is 9.97 Å². The number of ether oxygens (including phenoxy) is 3. The molecule has 0 spiro atoms. The van der Waals surface area contributed by atoms with Crippen molar-refractivity contribution in [1.82, 2.24) is 29.7 Å². The molecular weight excluding hydrogens is 1050 g/mol.